The van der Waals surface area contributed by atoms with Gasteiger partial charge in [-0.25, -0.2) is 4.98 Å². The maximum atomic E-state index is 6.36. The van der Waals surface area contributed by atoms with Crippen molar-refractivity contribution in [3.8, 4) is 0 Å². The first-order valence-electron chi connectivity index (χ1n) is 9.24. The molecule has 0 fully saturated rings. The molecule has 0 amide bonds. The summed E-state index contributed by atoms with van der Waals surface area (Å²) in [7, 11) is 0. The highest BCUT2D eigenvalue weighted by Gasteiger charge is 2.09. The number of nitrogens with one attached hydrogen (secondary N) is 1. The smallest absolute Gasteiger partial charge is 0.204 e. The van der Waals surface area contributed by atoms with Crippen molar-refractivity contribution in [3.63, 3.8) is 0 Å². The molecule has 0 radical (unpaired) electrons. The van der Waals surface area contributed by atoms with Crippen molar-refractivity contribution in [1.82, 2.24) is 9.55 Å². The Kier molecular flexibility index (Phi) is 4.76. The van der Waals surface area contributed by atoms with Gasteiger partial charge in [-0.05, 0) is 29.8 Å². The Hall–Kier alpha value is -3.15. The minimum Gasteiger partial charge on any atom is -0.342 e. The molecule has 5 rings (SSSR count). The molecule has 142 valence electrons. The molecule has 0 aliphatic rings. The zero-order chi connectivity index (χ0) is 19.6. The third-order valence-electron chi connectivity index (χ3n) is 4.78. The largest absolute Gasteiger partial charge is 0.342 e. The molecule has 0 saturated carbocycles. The van der Waals surface area contributed by atoms with Crippen LogP contribution in [0.5, 0.6) is 0 Å². The fourth-order valence-corrected chi connectivity index (χ4v) is 4.41. The SMILES string of the molecule is Clc1ccccc1Cn1cc(/C=N\Nc2nc3ccccc3s2)c2ccccc21. The average Bonchev–Trinajstić information content (AvgIpc) is 3.31. The number of hydrogen-bond donors (Lipinski definition) is 1. The summed E-state index contributed by atoms with van der Waals surface area (Å²) in [5.41, 5.74) is 7.32. The van der Waals surface area contributed by atoms with Crippen molar-refractivity contribution in [2.24, 2.45) is 5.10 Å². The molecule has 3 aromatic carbocycles. The Morgan fingerprint density at radius 1 is 1.00 bits per heavy atom. The summed E-state index contributed by atoms with van der Waals surface area (Å²) in [4.78, 5) is 4.55. The fourth-order valence-electron chi connectivity index (χ4n) is 3.40. The molecule has 4 nitrogen and oxygen atoms in total. The van der Waals surface area contributed by atoms with Gasteiger partial charge in [-0.3, -0.25) is 5.43 Å². The van der Waals surface area contributed by atoms with Crippen LogP contribution in [0.2, 0.25) is 5.02 Å². The molecule has 2 aromatic heterocycles. The summed E-state index contributed by atoms with van der Waals surface area (Å²) < 4.78 is 3.34. The van der Waals surface area contributed by atoms with Gasteiger partial charge in [-0.15, -0.1) is 0 Å². The number of hydrazone groups is 1. The number of thiazole rings is 1. The standard InChI is InChI=1S/C23H17ClN4S/c24-19-9-3-1-7-16(19)14-28-15-17(18-8-2-5-11-21(18)28)13-25-27-23-26-20-10-4-6-12-22(20)29-23/h1-13,15H,14H2,(H,26,27)/b25-13-. The van der Waals surface area contributed by atoms with Gasteiger partial charge in [-0.2, -0.15) is 5.10 Å². The van der Waals surface area contributed by atoms with Crippen LogP contribution in [-0.2, 0) is 6.54 Å². The van der Waals surface area contributed by atoms with Crippen LogP contribution in [0.25, 0.3) is 21.1 Å². The number of hydrogen-bond acceptors (Lipinski definition) is 4. The molecular weight excluding hydrogens is 400 g/mol. The summed E-state index contributed by atoms with van der Waals surface area (Å²) in [5, 5.41) is 7.13. The second kappa shape index (κ2) is 7.70. The Morgan fingerprint density at radius 3 is 2.69 bits per heavy atom. The van der Waals surface area contributed by atoms with Gasteiger partial charge in [0.05, 0.1) is 16.4 Å². The molecule has 0 aliphatic carbocycles. The van der Waals surface area contributed by atoms with Crippen molar-refractivity contribution >= 4 is 55.4 Å². The molecule has 1 N–H and O–H groups in total. The number of fused-ring (bicyclic) bond motifs is 2. The molecule has 0 spiro atoms. The topological polar surface area (TPSA) is 42.2 Å². The Bertz CT molecular complexity index is 1300. The van der Waals surface area contributed by atoms with E-state index in [4.69, 9.17) is 11.6 Å². The van der Waals surface area contributed by atoms with E-state index in [1.165, 1.54) is 0 Å². The first-order chi connectivity index (χ1) is 14.3. The predicted octanol–water partition coefficient (Wildman–Crippen LogP) is 6.40. The van der Waals surface area contributed by atoms with Crippen molar-refractivity contribution in [3.05, 3.63) is 95.1 Å². The van der Waals surface area contributed by atoms with E-state index >= 15 is 0 Å². The molecule has 0 unspecified atom stereocenters. The lowest BCUT2D eigenvalue weighted by atomic mass is 10.2. The molecule has 5 aromatic rings. The van der Waals surface area contributed by atoms with E-state index < -0.39 is 0 Å². The molecule has 0 saturated heterocycles. The predicted molar refractivity (Wildman–Crippen MR) is 123 cm³/mol. The molecule has 0 atom stereocenters. The van der Waals surface area contributed by atoms with Gasteiger partial charge in [0, 0.05) is 34.2 Å². The summed E-state index contributed by atoms with van der Waals surface area (Å²) >= 11 is 7.95. The third kappa shape index (κ3) is 3.62. The second-order valence-corrected chi connectivity index (χ2v) is 8.12. The van der Waals surface area contributed by atoms with Crippen molar-refractivity contribution in [2.45, 2.75) is 6.54 Å². The van der Waals surface area contributed by atoms with Crippen molar-refractivity contribution < 1.29 is 0 Å². The highest BCUT2D eigenvalue weighted by atomic mass is 35.5. The van der Waals surface area contributed by atoms with Crippen LogP contribution in [0.3, 0.4) is 0 Å². The highest BCUT2D eigenvalue weighted by Crippen LogP contribution is 2.26. The van der Waals surface area contributed by atoms with E-state index in [1.54, 1.807) is 11.3 Å². The van der Waals surface area contributed by atoms with Gasteiger partial charge in [0.2, 0.25) is 5.13 Å². The van der Waals surface area contributed by atoms with Crippen LogP contribution in [0.15, 0.2) is 84.1 Å². The summed E-state index contributed by atoms with van der Waals surface area (Å²) in [6.07, 6.45) is 3.95. The second-order valence-electron chi connectivity index (χ2n) is 6.68. The molecule has 6 heteroatoms. The molecule has 2 heterocycles. The van der Waals surface area contributed by atoms with Gasteiger partial charge in [0.15, 0.2) is 0 Å². The van der Waals surface area contributed by atoms with Crippen molar-refractivity contribution in [1.29, 1.82) is 0 Å². The van der Waals surface area contributed by atoms with E-state index in [0.29, 0.717) is 6.54 Å². The minimum absolute atomic E-state index is 0.708. The number of para-hydroxylation sites is 2. The molecule has 29 heavy (non-hydrogen) atoms. The lowest BCUT2D eigenvalue weighted by Crippen LogP contribution is -1.98. The first-order valence-corrected chi connectivity index (χ1v) is 10.4. The maximum absolute atomic E-state index is 6.36. The third-order valence-corrected chi connectivity index (χ3v) is 6.09. The average molecular weight is 417 g/mol. The normalized spacial score (nSPS) is 11.6. The van der Waals surface area contributed by atoms with E-state index in [0.717, 1.165) is 42.4 Å². The van der Waals surface area contributed by atoms with Gasteiger partial charge in [-0.1, -0.05) is 71.5 Å². The summed E-state index contributed by atoms with van der Waals surface area (Å²) in [6, 6.07) is 24.3. The number of halogens is 1. The van der Waals surface area contributed by atoms with E-state index in [-0.39, 0.29) is 0 Å². The lowest BCUT2D eigenvalue weighted by molar-refractivity contribution is 0.836. The first kappa shape index (κ1) is 17.9. The fraction of sp³-hybridized carbons (Fsp3) is 0.0435. The number of benzene rings is 3. The number of nitrogens with zero attached hydrogens (tertiary/aromatic N) is 3. The van der Waals surface area contributed by atoms with Crippen LogP contribution >= 0.6 is 22.9 Å². The van der Waals surface area contributed by atoms with Gasteiger partial charge >= 0.3 is 0 Å². The molecule has 0 bridgehead atoms. The van der Waals surface area contributed by atoms with E-state index in [9.17, 15) is 0 Å². The molecular formula is C23H17ClN4S. The Morgan fingerprint density at radius 2 is 1.79 bits per heavy atom. The van der Waals surface area contributed by atoms with Crippen LogP contribution in [0.4, 0.5) is 5.13 Å². The molecule has 0 aliphatic heterocycles. The van der Waals surface area contributed by atoms with Gasteiger partial charge in [0.25, 0.3) is 0 Å². The quantitative estimate of drug-likeness (QED) is 0.266. The van der Waals surface area contributed by atoms with E-state index in [2.05, 4.69) is 50.5 Å². The van der Waals surface area contributed by atoms with Crippen molar-refractivity contribution in [2.75, 3.05) is 5.43 Å². The number of aromatic nitrogens is 2. The number of rotatable bonds is 5. The zero-order valence-corrected chi connectivity index (χ0v) is 17.0. The van der Waals surface area contributed by atoms with Crippen LogP contribution in [-0.4, -0.2) is 15.8 Å². The number of anilines is 1. The highest BCUT2D eigenvalue weighted by molar-refractivity contribution is 7.22. The van der Waals surface area contributed by atoms with Gasteiger partial charge < -0.3 is 4.57 Å². The maximum Gasteiger partial charge on any atom is 0.204 e. The van der Waals surface area contributed by atoms with Crippen LogP contribution < -0.4 is 5.43 Å². The Balaban J connectivity index is 1.44. The van der Waals surface area contributed by atoms with E-state index in [1.807, 2.05) is 54.7 Å². The lowest BCUT2D eigenvalue weighted by Gasteiger charge is -2.07. The zero-order valence-electron chi connectivity index (χ0n) is 15.4. The monoisotopic (exact) mass is 416 g/mol. The van der Waals surface area contributed by atoms with Crippen LogP contribution in [0.1, 0.15) is 11.1 Å². The summed E-state index contributed by atoms with van der Waals surface area (Å²) in [5.74, 6) is 0. The van der Waals surface area contributed by atoms with Gasteiger partial charge in [0.1, 0.15) is 0 Å². The Labute approximate surface area is 177 Å². The summed E-state index contributed by atoms with van der Waals surface area (Å²) in [6.45, 7) is 0.708. The minimum atomic E-state index is 0.708. The van der Waals surface area contributed by atoms with Crippen LogP contribution in [0, 0.1) is 0 Å².